The van der Waals surface area contributed by atoms with Crippen LogP contribution in [0.5, 0.6) is 5.75 Å². The number of hydrogen-bond donors (Lipinski definition) is 2. The molecular formula is C15H20N4O2. The highest BCUT2D eigenvalue weighted by molar-refractivity contribution is 5.54. The minimum absolute atomic E-state index is 0.231. The first-order valence-corrected chi connectivity index (χ1v) is 6.87. The maximum atomic E-state index is 12.0. The molecule has 0 fully saturated rings. The molecule has 6 nitrogen and oxygen atoms in total. The van der Waals surface area contributed by atoms with Gasteiger partial charge in [0.05, 0.1) is 6.61 Å². The van der Waals surface area contributed by atoms with Gasteiger partial charge in [0.15, 0.2) is 0 Å². The number of nitrogens with one attached hydrogen (secondary N) is 2. The van der Waals surface area contributed by atoms with E-state index in [0.717, 1.165) is 11.4 Å². The summed E-state index contributed by atoms with van der Waals surface area (Å²) in [5.41, 5.74) is 0.649. The number of hydrogen-bond acceptors (Lipinski definition) is 5. The largest absolute Gasteiger partial charge is 0.494 e. The molecule has 0 saturated heterocycles. The van der Waals surface area contributed by atoms with Gasteiger partial charge in [-0.25, -0.2) is 0 Å². The van der Waals surface area contributed by atoms with Crippen molar-refractivity contribution in [1.29, 1.82) is 0 Å². The normalized spacial score (nSPS) is 11.2. The van der Waals surface area contributed by atoms with Crippen LogP contribution in [-0.2, 0) is 5.41 Å². The van der Waals surface area contributed by atoms with E-state index < -0.39 is 0 Å². The van der Waals surface area contributed by atoms with Crippen LogP contribution in [0.1, 0.15) is 33.4 Å². The van der Waals surface area contributed by atoms with Crippen molar-refractivity contribution in [3.8, 4) is 5.75 Å². The Morgan fingerprint density at radius 3 is 2.38 bits per heavy atom. The van der Waals surface area contributed by atoms with E-state index in [1.54, 1.807) is 0 Å². The smallest absolute Gasteiger partial charge is 0.274 e. The molecule has 0 spiro atoms. The van der Waals surface area contributed by atoms with Crippen LogP contribution < -0.4 is 15.6 Å². The Labute approximate surface area is 123 Å². The van der Waals surface area contributed by atoms with Crippen molar-refractivity contribution in [2.45, 2.75) is 33.1 Å². The van der Waals surface area contributed by atoms with Gasteiger partial charge in [0.1, 0.15) is 11.4 Å². The second-order valence-corrected chi connectivity index (χ2v) is 5.68. The van der Waals surface area contributed by atoms with E-state index >= 15 is 0 Å². The molecule has 112 valence electrons. The van der Waals surface area contributed by atoms with Crippen molar-refractivity contribution in [2.24, 2.45) is 0 Å². The highest BCUT2D eigenvalue weighted by Gasteiger charge is 2.20. The summed E-state index contributed by atoms with van der Waals surface area (Å²) in [5, 5.41) is 11.0. The predicted octanol–water partition coefficient (Wildman–Crippen LogP) is 2.60. The number of ether oxygens (including phenoxy) is 1. The Balaban J connectivity index is 2.17. The Morgan fingerprint density at radius 2 is 1.86 bits per heavy atom. The standard InChI is InChI=1S/C15H20N4O2/c1-5-21-11-8-6-10(7-9-11)16-14-17-13(20)12(18-19-14)15(2,3)4/h6-9H,5H2,1-4H3,(H2,16,17,19,20). The van der Waals surface area contributed by atoms with Gasteiger partial charge in [-0.2, -0.15) is 0 Å². The van der Waals surface area contributed by atoms with Gasteiger partial charge in [0.25, 0.3) is 5.56 Å². The third-order valence-electron chi connectivity index (χ3n) is 2.84. The van der Waals surface area contributed by atoms with Gasteiger partial charge in [0.2, 0.25) is 5.95 Å². The lowest BCUT2D eigenvalue weighted by Gasteiger charge is -2.15. The summed E-state index contributed by atoms with van der Waals surface area (Å²) < 4.78 is 5.37. The molecule has 0 aliphatic heterocycles. The SMILES string of the molecule is CCOc1ccc(Nc2nnc(C(C)(C)C)c(=O)[nH]2)cc1. The van der Waals surface area contributed by atoms with Crippen molar-refractivity contribution >= 4 is 11.6 Å². The van der Waals surface area contributed by atoms with Gasteiger partial charge in [0, 0.05) is 11.1 Å². The molecule has 1 heterocycles. The average molecular weight is 288 g/mol. The highest BCUT2D eigenvalue weighted by Crippen LogP contribution is 2.18. The van der Waals surface area contributed by atoms with Gasteiger partial charge in [-0.15, -0.1) is 10.2 Å². The molecule has 2 N–H and O–H groups in total. The van der Waals surface area contributed by atoms with Crippen molar-refractivity contribution in [2.75, 3.05) is 11.9 Å². The molecule has 0 unspecified atom stereocenters. The number of benzene rings is 1. The Kier molecular flexibility index (Phi) is 4.26. The fourth-order valence-electron chi connectivity index (χ4n) is 1.82. The summed E-state index contributed by atoms with van der Waals surface area (Å²) in [6.45, 7) is 8.33. The van der Waals surface area contributed by atoms with Crippen molar-refractivity contribution in [3.05, 3.63) is 40.3 Å². The predicted molar refractivity (Wildman–Crippen MR) is 82.2 cm³/mol. The molecule has 0 aliphatic carbocycles. The number of H-pyrrole nitrogens is 1. The molecule has 0 radical (unpaired) electrons. The highest BCUT2D eigenvalue weighted by atomic mass is 16.5. The summed E-state index contributed by atoms with van der Waals surface area (Å²) in [6, 6.07) is 7.40. The van der Waals surface area contributed by atoms with E-state index in [1.807, 2.05) is 52.0 Å². The first-order chi connectivity index (χ1) is 9.90. The lowest BCUT2D eigenvalue weighted by molar-refractivity contribution is 0.340. The number of nitrogens with zero attached hydrogens (tertiary/aromatic N) is 2. The fraction of sp³-hybridized carbons (Fsp3) is 0.400. The summed E-state index contributed by atoms with van der Waals surface area (Å²) in [6.07, 6.45) is 0. The maximum absolute atomic E-state index is 12.0. The molecule has 0 atom stereocenters. The minimum Gasteiger partial charge on any atom is -0.494 e. The lowest BCUT2D eigenvalue weighted by Crippen LogP contribution is -2.28. The van der Waals surface area contributed by atoms with Gasteiger partial charge in [-0.05, 0) is 31.2 Å². The molecule has 2 aromatic rings. The molecule has 0 saturated carbocycles. The topological polar surface area (TPSA) is 79.9 Å². The molecular weight excluding hydrogens is 268 g/mol. The van der Waals surface area contributed by atoms with E-state index in [1.165, 1.54) is 0 Å². The molecule has 0 aliphatic rings. The minimum atomic E-state index is -0.335. The summed E-state index contributed by atoms with van der Waals surface area (Å²) in [5.74, 6) is 1.11. The monoisotopic (exact) mass is 288 g/mol. The Morgan fingerprint density at radius 1 is 1.19 bits per heavy atom. The number of aromatic amines is 1. The number of rotatable bonds is 4. The number of anilines is 2. The lowest BCUT2D eigenvalue weighted by atomic mass is 9.93. The van der Waals surface area contributed by atoms with E-state index in [4.69, 9.17) is 4.74 Å². The molecule has 21 heavy (non-hydrogen) atoms. The summed E-state index contributed by atoms with van der Waals surface area (Å²) in [4.78, 5) is 14.7. The quantitative estimate of drug-likeness (QED) is 0.904. The number of aromatic nitrogens is 3. The third kappa shape index (κ3) is 3.81. The fourth-order valence-corrected chi connectivity index (χ4v) is 1.82. The summed E-state index contributed by atoms with van der Waals surface area (Å²) in [7, 11) is 0. The van der Waals surface area contributed by atoms with Gasteiger partial charge < -0.3 is 10.1 Å². The van der Waals surface area contributed by atoms with E-state index in [-0.39, 0.29) is 11.0 Å². The molecule has 0 amide bonds. The van der Waals surface area contributed by atoms with Crippen LogP contribution in [0.15, 0.2) is 29.1 Å². The molecule has 2 rings (SSSR count). The first kappa shape index (κ1) is 15.0. The van der Waals surface area contributed by atoms with E-state index in [9.17, 15) is 4.79 Å². The zero-order valence-corrected chi connectivity index (χ0v) is 12.7. The van der Waals surface area contributed by atoms with Crippen LogP contribution in [0.2, 0.25) is 0 Å². The van der Waals surface area contributed by atoms with Crippen LogP contribution in [0.25, 0.3) is 0 Å². The van der Waals surface area contributed by atoms with Crippen molar-refractivity contribution in [1.82, 2.24) is 15.2 Å². The Hall–Kier alpha value is -2.37. The average Bonchev–Trinajstić information content (AvgIpc) is 2.40. The van der Waals surface area contributed by atoms with Gasteiger partial charge in [-0.3, -0.25) is 9.78 Å². The summed E-state index contributed by atoms with van der Waals surface area (Å²) >= 11 is 0. The molecule has 1 aromatic heterocycles. The molecule has 1 aromatic carbocycles. The second-order valence-electron chi connectivity index (χ2n) is 5.68. The van der Waals surface area contributed by atoms with Crippen molar-refractivity contribution in [3.63, 3.8) is 0 Å². The van der Waals surface area contributed by atoms with Gasteiger partial charge in [-0.1, -0.05) is 20.8 Å². The molecule has 0 bridgehead atoms. The van der Waals surface area contributed by atoms with Crippen LogP contribution in [-0.4, -0.2) is 21.8 Å². The van der Waals surface area contributed by atoms with Crippen LogP contribution in [0, 0.1) is 0 Å². The van der Waals surface area contributed by atoms with E-state index in [0.29, 0.717) is 18.2 Å². The zero-order chi connectivity index (χ0) is 15.5. The second kappa shape index (κ2) is 5.95. The zero-order valence-electron chi connectivity index (χ0n) is 12.7. The maximum Gasteiger partial charge on any atom is 0.274 e. The van der Waals surface area contributed by atoms with Crippen molar-refractivity contribution < 1.29 is 4.74 Å². The van der Waals surface area contributed by atoms with Crippen LogP contribution in [0.3, 0.4) is 0 Å². The van der Waals surface area contributed by atoms with Crippen LogP contribution in [0.4, 0.5) is 11.6 Å². The third-order valence-corrected chi connectivity index (χ3v) is 2.84. The Bertz CT molecular complexity index is 657. The van der Waals surface area contributed by atoms with Crippen LogP contribution >= 0.6 is 0 Å². The van der Waals surface area contributed by atoms with Gasteiger partial charge >= 0.3 is 0 Å². The van der Waals surface area contributed by atoms with E-state index in [2.05, 4.69) is 20.5 Å². The molecule has 6 heteroatoms. The first-order valence-electron chi connectivity index (χ1n) is 6.87.